The van der Waals surface area contributed by atoms with Gasteiger partial charge in [0.1, 0.15) is 0 Å². The molecular formula is C20H25NO. The smallest absolute Gasteiger partial charge is 0.0589 e. The number of hydrogen-bond acceptors (Lipinski definition) is 2. The van der Waals surface area contributed by atoms with Crippen LogP contribution in [0.1, 0.15) is 17.5 Å². The maximum absolute atomic E-state index is 5.19. The zero-order valence-electron chi connectivity index (χ0n) is 13.5. The van der Waals surface area contributed by atoms with Gasteiger partial charge in [0.15, 0.2) is 0 Å². The van der Waals surface area contributed by atoms with Gasteiger partial charge in [-0.1, -0.05) is 60.7 Å². The quantitative estimate of drug-likeness (QED) is 0.774. The minimum atomic E-state index is 0.198. The molecular weight excluding hydrogens is 270 g/mol. The highest BCUT2D eigenvalue weighted by Gasteiger charge is 2.56. The largest absolute Gasteiger partial charge is 0.383 e. The van der Waals surface area contributed by atoms with E-state index >= 15 is 0 Å². The van der Waals surface area contributed by atoms with Crippen molar-refractivity contribution in [2.45, 2.75) is 11.8 Å². The lowest BCUT2D eigenvalue weighted by Crippen LogP contribution is -2.27. The molecule has 3 rings (SSSR count). The topological polar surface area (TPSA) is 12.5 Å². The summed E-state index contributed by atoms with van der Waals surface area (Å²) in [5.74, 6) is 0.680. The van der Waals surface area contributed by atoms with Gasteiger partial charge in [0.05, 0.1) is 6.61 Å². The molecule has 0 radical (unpaired) electrons. The van der Waals surface area contributed by atoms with E-state index in [1.807, 2.05) is 0 Å². The summed E-state index contributed by atoms with van der Waals surface area (Å²) in [6, 6.07) is 21.9. The molecule has 1 atom stereocenters. The Bertz CT molecular complexity index is 542. The highest BCUT2D eigenvalue weighted by molar-refractivity contribution is 5.47. The first kappa shape index (κ1) is 15.3. The van der Waals surface area contributed by atoms with Crippen molar-refractivity contribution >= 4 is 0 Å². The van der Waals surface area contributed by atoms with Crippen LogP contribution in [0.25, 0.3) is 0 Å². The van der Waals surface area contributed by atoms with Gasteiger partial charge in [0.2, 0.25) is 0 Å². The number of rotatable bonds is 7. The van der Waals surface area contributed by atoms with Crippen molar-refractivity contribution in [2.75, 3.05) is 33.9 Å². The van der Waals surface area contributed by atoms with Crippen molar-refractivity contribution in [2.24, 2.45) is 5.92 Å². The van der Waals surface area contributed by atoms with Gasteiger partial charge in [0, 0.05) is 25.6 Å². The molecule has 1 aliphatic carbocycles. The maximum atomic E-state index is 5.19. The Kier molecular flexibility index (Phi) is 4.60. The molecule has 1 unspecified atom stereocenters. The Morgan fingerprint density at radius 2 is 1.55 bits per heavy atom. The molecule has 0 aliphatic heterocycles. The van der Waals surface area contributed by atoms with E-state index in [0.717, 1.165) is 19.7 Å². The molecule has 1 aliphatic rings. The molecule has 0 amide bonds. The van der Waals surface area contributed by atoms with Crippen LogP contribution in [-0.4, -0.2) is 38.8 Å². The third kappa shape index (κ3) is 2.94. The summed E-state index contributed by atoms with van der Waals surface area (Å²) in [5.41, 5.74) is 3.10. The molecule has 2 nitrogen and oxygen atoms in total. The number of hydrogen-bond donors (Lipinski definition) is 0. The summed E-state index contributed by atoms with van der Waals surface area (Å²) < 4.78 is 5.19. The summed E-state index contributed by atoms with van der Waals surface area (Å²) in [7, 11) is 3.96. The standard InChI is InChI=1S/C20H25NO/c1-21(13-14-22-2)16-19-15-20(19,17-9-5-3-6-10-17)18-11-7-4-8-12-18/h3-12,19H,13-16H2,1-2H3. The van der Waals surface area contributed by atoms with Crippen LogP contribution in [0.4, 0.5) is 0 Å². The molecule has 0 aromatic heterocycles. The van der Waals surface area contributed by atoms with E-state index in [2.05, 4.69) is 72.6 Å². The number of nitrogens with zero attached hydrogens (tertiary/aromatic N) is 1. The first-order chi connectivity index (χ1) is 10.8. The predicted molar refractivity (Wildman–Crippen MR) is 91.1 cm³/mol. The van der Waals surface area contributed by atoms with Crippen molar-refractivity contribution in [1.29, 1.82) is 0 Å². The highest BCUT2D eigenvalue weighted by atomic mass is 16.5. The van der Waals surface area contributed by atoms with E-state index in [9.17, 15) is 0 Å². The molecule has 0 saturated heterocycles. The molecule has 0 bridgehead atoms. The molecule has 2 aromatic rings. The molecule has 2 aromatic carbocycles. The van der Waals surface area contributed by atoms with Crippen LogP contribution in [0.15, 0.2) is 60.7 Å². The van der Waals surface area contributed by atoms with E-state index in [0.29, 0.717) is 5.92 Å². The SMILES string of the molecule is COCCN(C)CC1CC1(c1ccccc1)c1ccccc1. The minimum absolute atomic E-state index is 0.198. The minimum Gasteiger partial charge on any atom is -0.383 e. The van der Waals surface area contributed by atoms with E-state index in [-0.39, 0.29) is 5.41 Å². The first-order valence-electron chi connectivity index (χ1n) is 8.06. The third-order valence-corrected chi connectivity index (χ3v) is 4.89. The second-order valence-corrected chi connectivity index (χ2v) is 6.36. The van der Waals surface area contributed by atoms with Crippen LogP contribution in [0, 0.1) is 5.92 Å². The van der Waals surface area contributed by atoms with Gasteiger partial charge in [-0.25, -0.2) is 0 Å². The summed E-state index contributed by atoms with van der Waals surface area (Å²) in [4.78, 5) is 2.39. The van der Waals surface area contributed by atoms with E-state index in [4.69, 9.17) is 4.74 Å². The van der Waals surface area contributed by atoms with Gasteiger partial charge in [-0.3, -0.25) is 0 Å². The van der Waals surface area contributed by atoms with E-state index in [1.165, 1.54) is 17.5 Å². The fourth-order valence-electron chi connectivity index (χ4n) is 3.61. The number of methoxy groups -OCH3 is 1. The van der Waals surface area contributed by atoms with Crippen LogP contribution >= 0.6 is 0 Å². The Labute approximate surface area is 133 Å². The average molecular weight is 295 g/mol. The molecule has 0 heterocycles. The van der Waals surface area contributed by atoms with Crippen LogP contribution in [0.5, 0.6) is 0 Å². The summed E-state index contributed by atoms with van der Waals surface area (Å²) >= 11 is 0. The van der Waals surface area contributed by atoms with Crippen LogP contribution < -0.4 is 0 Å². The molecule has 0 spiro atoms. The lowest BCUT2D eigenvalue weighted by atomic mass is 9.85. The van der Waals surface area contributed by atoms with E-state index < -0.39 is 0 Å². The Hall–Kier alpha value is -1.64. The Morgan fingerprint density at radius 3 is 2.05 bits per heavy atom. The van der Waals surface area contributed by atoms with Crippen LogP contribution in [0.2, 0.25) is 0 Å². The van der Waals surface area contributed by atoms with Crippen LogP contribution in [0.3, 0.4) is 0 Å². The first-order valence-corrected chi connectivity index (χ1v) is 8.06. The zero-order valence-corrected chi connectivity index (χ0v) is 13.5. The van der Waals surface area contributed by atoms with Gasteiger partial charge in [-0.15, -0.1) is 0 Å². The maximum Gasteiger partial charge on any atom is 0.0589 e. The summed E-state index contributed by atoms with van der Waals surface area (Å²) in [6.45, 7) is 2.91. The molecule has 1 saturated carbocycles. The fraction of sp³-hybridized carbons (Fsp3) is 0.400. The van der Waals surface area contributed by atoms with Crippen molar-refractivity contribution in [3.63, 3.8) is 0 Å². The number of ether oxygens (including phenoxy) is 1. The van der Waals surface area contributed by atoms with Gasteiger partial charge in [0.25, 0.3) is 0 Å². The van der Waals surface area contributed by atoms with Crippen molar-refractivity contribution < 1.29 is 4.74 Å². The predicted octanol–water partition coefficient (Wildman–Crippen LogP) is 3.57. The van der Waals surface area contributed by atoms with Gasteiger partial charge in [-0.05, 0) is 30.5 Å². The summed E-state index contributed by atoms with van der Waals surface area (Å²) in [5, 5.41) is 0. The Balaban J connectivity index is 1.82. The average Bonchev–Trinajstić information content (AvgIpc) is 3.29. The van der Waals surface area contributed by atoms with E-state index in [1.54, 1.807) is 7.11 Å². The normalized spacial score (nSPS) is 19.3. The molecule has 22 heavy (non-hydrogen) atoms. The fourth-order valence-corrected chi connectivity index (χ4v) is 3.61. The second kappa shape index (κ2) is 6.64. The second-order valence-electron chi connectivity index (χ2n) is 6.36. The highest BCUT2D eigenvalue weighted by Crippen LogP contribution is 2.58. The summed E-state index contributed by atoms with van der Waals surface area (Å²) in [6.07, 6.45) is 1.23. The molecule has 2 heteroatoms. The van der Waals surface area contributed by atoms with Gasteiger partial charge >= 0.3 is 0 Å². The van der Waals surface area contributed by atoms with Crippen molar-refractivity contribution in [1.82, 2.24) is 4.90 Å². The third-order valence-electron chi connectivity index (χ3n) is 4.89. The van der Waals surface area contributed by atoms with Gasteiger partial charge < -0.3 is 9.64 Å². The molecule has 1 fully saturated rings. The Morgan fingerprint density at radius 1 is 1.00 bits per heavy atom. The monoisotopic (exact) mass is 295 g/mol. The van der Waals surface area contributed by atoms with Crippen molar-refractivity contribution in [3.8, 4) is 0 Å². The van der Waals surface area contributed by atoms with Crippen molar-refractivity contribution in [3.05, 3.63) is 71.8 Å². The number of benzene rings is 2. The zero-order chi connectivity index (χ0) is 15.4. The molecule has 116 valence electrons. The lowest BCUT2D eigenvalue weighted by molar-refractivity contribution is 0.158. The lowest BCUT2D eigenvalue weighted by Gasteiger charge is -2.22. The van der Waals surface area contributed by atoms with Crippen LogP contribution in [-0.2, 0) is 10.2 Å². The number of likely N-dealkylation sites (N-methyl/N-ethyl adjacent to an activating group) is 1. The molecule has 0 N–H and O–H groups in total. The van der Waals surface area contributed by atoms with Gasteiger partial charge in [-0.2, -0.15) is 0 Å².